The number of nitrogens with one attached hydrogen (secondary N) is 1. The van der Waals surface area contributed by atoms with Crippen LogP contribution in [0.25, 0.3) is 5.69 Å². The summed E-state index contributed by atoms with van der Waals surface area (Å²) in [4.78, 5) is 27.2. The van der Waals surface area contributed by atoms with Crippen molar-refractivity contribution in [1.29, 1.82) is 0 Å². The van der Waals surface area contributed by atoms with E-state index < -0.39 is 11.2 Å². The van der Waals surface area contributed by atoms with Crippen molar-refractivity contribution in [2.45, 2.75) is 0 Å². The van der Waals surface area contributed by atoms with E-state index in [4.69, 9.17) is 0 Å². The van der Waals surface area contributed by atoms with Gasteiger partial charge in [0, 0.05) is 13.1 Å². The summed E-state index contributed by atoms with van der Waals surface area (Å²) in [7, 11) is 1.66. The Morgan fingerprint density at radius 2 is 1.62 bits per heavy atom. The summed E-state index contributed by atoms with van der Waals surface area (Å²) in [5.74, 6) is 0.323. The molecule has 0 aliphatic rings. The number of nitrogens with zero attached hydrogens (tertiary/aromatic N) is 3. The number of hydrogen-bond acceptors (Lipinski definition) is 4. The summed E-state index contributed by atoms with van der Waals surface area (Å²) in [6.45, 7) is 0. The van der Waals surface area contributed by atoms with Crippen molar-refractivity contribution in [3.8, 4) is 5.69 Å². The molecule has 0 aliphatic carbocycles. The minimum Gasteiger partial charge on any atom is -0.292 e. The normalized spacial score (nSPS) is 10.9. The first-order valence-electron chi connectivity index (χ1n) is 7.40. The van der Waals surface area contributed by atoms with Crippen LogP contribution in [0.1, 0.15) is 5.56 Å². The Morgan fingerprint density at radius 1 is 1.00 bits per heavy atom. The van der Waals surface area contributed by atoms with Crippen LogP contribution in [-0.2, 0) is 0 Å². The molecule has 2 aromatic carbocycles. The Balaban J connectivity index is 1.92. The second-order valence-corrected chi connectivity index (χ2v) is 5.15. The molecule has 1 N–H and O–H groups in total. The highest BCUT2D eigenvalue weighted by molar-refractivity contribution is 5.80. The second-order valence-electron chi connectivity index (χ2n) is 5.15. The van der Waals surface area contributed by atoms with Crippen molar-refractivity contribution in [2.24, 2.45) is 5.10 Å². The van der Waals surface area contributed by atoms with Crippen LogP contribution in [0.5, 0.6) is 0 Å². The third kappa shape index (κ3) is 3.33. The van der Waals surface area contributed by atoms with Gasteiger partial charge in [0.2, 0.25) is 0 Å². The number of benzene rings is 2. The van der Waals surface area contributed by atoms with E-state index in [-0.39, 0.29) is 0 Å². The number of para-hydroxylation sites is 1. The molecule has 0 radical (unpaired) electrons. The molecule has 0 fully saturated rings. The molecule has 24 heavy (non-hydrogen) atoms. The van der Waals surface area contributed by atoms with Gasteiger partial charge in [-0.15, -0.1) is 0 Å². The Kier molecular flexibility index (Phi) is 4.38. The number of aromatic nitrogens is 2. The van der Waals surface area contributed by atoms with Crippen LogP contribution in [0.3, 0.4) is 0 Å². The molecule has 0 spiro atoms. The third-order valence-electron chi connectivity index (χ3n) is 3.46. The van der Waals surface area contributed by atoms with Crippen molar-refractivity contribution < 1.29 is 0 Å². The molecule has 1 heterocycles. The zero-order chi connectivity index (χ0) is 16.9. The summed E-state index contributed by atoms with van der Waals surface area (Å²) in [5.41, 5.74) is 0.516. The molecule has 0 saturated heterocycles. The topological polar surface area (TPSA) is 70.5 Å². The molecular weight excluding hydrogens is 304 g/mol. The SMILES string of the molecule is CN(/N=C/c1ccccc1)c1cc(=O)n(-c2ccccc2)c(=O)[nH]1. The van der Waals surface area contributed by atoms with E-state index in [1.54, 1.807) is 37.5 Å². The van der Waals surface area contributed by atoms with Crippen molar-refractivity contribution in [3.05, 3.63) is 93.1 Å². The van der Waals surface area contributed by atoms with E-state index in [1.165, 1.54) is 11.1 Å². The molecule has 0 atom stereocenters. The summed E-state index contributed by atoms with van der Waals surface area (Å²) in [6, 6.07) is 19.7. The lowest BCUT2D eigenvalue weighted by molar-refractivity contribution is 0.850. The molecule has 120 valence electrons. The van der Waals surface area contributed by atoms with Gasteiger partial charge in [0.25, 0.3) is 5.56 Å². The van der Waals surface area contributed by atoms with Gasteiger partial charge in [-0.05, 0) is 17.7 Å². The zero-order valence-electron chi connectivity index (χ0n) is 13.1. The van der Waals surface area contributed by atoms with E-state index in [1.807, 2.05) is 36.4 Å². The third-order valence-corrected chi connectivity index (χ3v) is 3.46. The fourth-order valence-corrected chi connectivity index (χ4v) is 2.23. The van der Waals surface area contributed by atoms with Crippen molar-refractivity contribution >= 4 is 12.0 Å². The van der Waals surface area contributed by atoms with Crippen LogP contribution >= 0.6 is 0 Å². The molecule has 3 aromatic rings. The standard InChI is InChI=1S/C18H16N4O2/c1-21(19-13-14-8-4-2-5-9-14)16-12-17(23)22(18(24)20-16)15-10-6-3-7-11-15/h2-13H,1H3,(H,20,24)/b19-13+. The second kappa shape index (κ2) is 6.78. The maximum atomic E-state index is 12.3. The van der Waals surface area contributed by atoms with Crippen LogP contribution in [0, 0.1) is 0 Å². The number of hydrogen-bond donors (Lipinski definition) is 1. The maximum absolute atomic E-state index is 12.3. The van der Waals surface area contributed by atoms with Gasteiger partial charge >= 0.3 is 5.69 Å². The molecule has 1 aromatic heterocycles. The number of rotatable bonds is 4. The van der Waals surface area contributed by atoms with Gasteiger partial charge in [-0.2, -0.15) is 5.10 Å². The maximum Gasteiger partial charge on any atom is 0.334 e. The average Bonchev–Trinajstić information content (AvgIpc) is 2.61. The highest BCUT2D eigenvalue weighted by Crippen LogP contribution is 2.06. The molecule has 0 aliphatic heterocycles. The monoisotopic (exact) mass is 320 g/mol. The fraction of sp³-hybridized carbons (Fsp3) is 0.0556. The highest BCUT2D eigenvalue weighted by atomic mass is 16.2. The van der Waals surface area contributed by atoms with Crippen LogP contribution < -0.4 is 16.3 Å². The van der Waals surface area contributed by atoms with Crippen LogP contribution in [0.2, 0.25) is 0 Å². The summed E-state index contributed by atoms with van der Waals surface area (Å²) in [5, 5.41) is 5.69. The average molecular weight is 320 g/mol. The van der Waals surface area contributed by atoms with Crippen molar-refractivity contribution in [1.82, 2.24) is 9.55 Å². The van der Waals surface area contributed by atoms with E-state index in [0.29, 0.717) is 11.5 Å². The Bertz CT molecular complexity index is 928. The highest BCUT2D eigenvalue weighted by Gasteiger charge is 2.08. The number of hydrazone groups is 1. The molecule has 0 amide bonds. The van der Waals surface area contributed by atoms with Gasteiger partial charge in [-0.25, -0.2) is 9.36 Å². The van der Waals surface area contributed by atoms with E-state index >= 15 is 0 Å². The predicted molar refractivity (Wildman–Crippen MR) is 95.1 cm³/mol. The molecular formula is C18H16N4O2. The zero-order valence-corrected chi connectivity index (χ0v) is 13.1. The van der Waals surface area contributed by atoms with Gasteiger partial charge in [-0.3, -0.25) is 14.8 Å². The quantitative estimate of drug-likeness (QED) is 0.590. The minimum absolute atomic E-state index is 0.323. The van der Waals surface area contributed by atoms with Crippen LogP contribution in [-0.4, -0.2) is 22.8 Å². The van der Waals surface area contributed by atoms with Gasteiger partial charge in [0.15, 0.2) is 0 Å². The van der Waals surface area contributed by atoms with Crippen molar-refractivity contribution in [2.75, 3.05) is 12.1 Å². The van der Waals surface area contributed by atoms with E-state index in [0.717, 1.165) is 10.1 Å². The summed E-state index contributed by atoms with van der Waals surface area (Å²) < 4.78 is 1.08. The summed E-state index contributed by atoms with van der Waals surface area (Å²) in [6.07, 6.45) is 1.65. The van der Waals surface area contributed by atoms with E-state index in [2.05, 4.69) is 10.1 Å². The first-order valence-corrected chi connectivity index (χ1v) is 7.40. The van der Waals surface area contributed by atoms with Gasteiger partial charge < -0.3 is 0 Å². The lowest BCUT2D eigenvalue weighted by Gasteiger charge is -2.13. The first-order chi connectivity index (χ1) is 11.6. The van der Waals surface area contributed by atoms with E-state index in [9.17, 15) is 9.59 Å². The Morgan fingerprint density at radius 3 is 2.25 bits per heavy atom. The smallest absolute Gasteiger partial charge is 0.292 e. The molecule has 0 saturated carbocycles. The van der Waals surface area contributed by atoms with Crippen LogP contribution in [0.4, 0.5) is 5.82 Å². The lowest BCUT2D eigenvalue weighted by atomic mass is 10.2. The van der Waals surface area contributed by atoms with Gasteiger partial charge in [0.05, 0.1) is 11.9 Å². The molecule has 0 bridgehead atoms. The van der Waals surface area contributed by atoms with Gasteiger partial charge in [0.1, 0.15) is 5.82 Å². The molecule has 6 heteroatoms. The predicted octanol–water partition coefficient (Wildman–Crippen LogP) is 2.00. The van der Waals surface area contributed by atoms with Crippen molar-refractivity contribution in [3.63, 3.8) is 0 Å². The van der Waals surface area contributed by atoms with Crippen LogP contribution in [0.15, 0.2) is 81.4 Å². The minimum atomic E-state index is -0.509. The molecule has 0 unspecified atom stereocenters. The molecule has 6 nitrogen and oxygen atoms in total. The number of H-pyrrole nitrogens is 1. The number of anilines is 1. The summed E-state index contributed by atoms with van der Waals surface area (Å²) >= 11 is 0. The lowest BCUT2D eigenvalue weighted by Crippen LogP contribution is -2.34. The first kappa shape index (κ1) is 15.5. The molecule has 3 rings (SSSR count). The Labute approximate surface area is 138 Å². The van der Waals surface area contributed by atoms with Gasteiger partial charge in [-0.1, -0.05) is 48.5 Å². The fourth-order valence-electron chi connectivity index (χ4n) is 2.23. The Hall–Kier alpha value is -3.41. The number of aromatic amines is 1. The largest absolute Gasteiger partial charge is 0.334 e.